The molecule has 2 nitrogen and oxygen atoms in total. The molecule has 1 atom stereocenters. The van der Waals surface area contributed by atoms with E-state index in [2.05, 4.69) is 10.3 Å². The zero-order valence-corrected chi connectivity index (χ0v) is 11.3. The molecule has 1 unspecified atom stereocenters. The Morgan fingerprint density at radius 3 is 2.45 bits per heavy atom. The topological polar surface area (TPSA) is 24.9 Å². The van der Waals surface area contributed by atoms with Gasteiger partial charge in [0.1, 0.15) is 11.0 Å². The number of rotatable bonds is 3. The molecule has 6 heteroatoms. The van der Waals surface area contributed by atoms with Gasteiger partial charge < -0.3 is 5.32 Å². The van der Waals surface area contributed by atoms with Crippen molar-refractivity contribution in [1.82, 2.24) is 4.98 Å². The van der Waals surface area contributed by atoms with Crippen molar-refractivity contribution in [2.75, 3.05) is 5.32 Å². The summed E-state index contributed by atoms with van der Waals surface area (Å²) in [5.41, 5.74) is -0.483. The van der Waals surface area contributed by atoms with Gasteiger partial charge in [-0.1, -0.05) is 35.9 Å². The van der Waals surface area contributed by atoms with Crippen molar-refractivity contribution in [2.24, 2.45) is 0 Å². The number of alkyl halides is 3. The summed E-state index contributed by atoms with van der Waals surface area (Å²) in [6, 6.07) is 9.85. The lowest BCUT2D eigenvalue weighted by atomic mass is 10.0. The highest BCUT2D eigenvalue weighted by molar-refractivity contribution is 6.29. The molecule has 20 heavy (non-hydrogen) atoms. The lowest BCUT2D eigenvalue weighted by Crippen LogP contribution is -2.15. The molecule has 0 bridgehead atoms. The minimum absolute atomic E-state index is 0.168. The molecule has 0 saturated heterocycles. The van der Waals surface area contributed by atoms with Gasteiger partial charge >= 0.3 is 6.18 Å². The van der Waals surface area contributed by atoms with Gasteiger partial charge in [0.15, 0.2) is 0 Å². The van der Waals surface area contributed by atoms with Crippen LogP contribution in [0.5, 0.6) is 0 Å². The van der Waals surface area contributed by atoms with Gasteiger partial charge in [0.05, 0.1) is 11.6 Å². The van der Waals surface area contributed by atoms with Gasteiger partial charge in [-0.2, -0.15) is 13.2 Å². The molecule has 0 saturated carbocycles. The van der Waals surface area contributed by atoms with Crippen molar-refractivity contribution in [1.29, 1.82) is 0 Å². The Bertz CT molecular complexity index is 599. The number of pyridine rings is 1. The van der Waals surface area contributed by atoms with Gasteiger partial charge in [-0.05, 0) is 30.7 Å². The van der Waals surface area contributed by atoms with Crippen LogP contribution in [0.4, 0.5) is 19.0 Å². The summed E-state index contributed by atoms with van der Waals surface area (Å²) in [7, 11) is 0. The number of nitrogens with one attached hydrogen (secondary N) is 1. The minimum Gasteiger partial charge on any atom is -0.363 e. The van der Waals surface area contributed by atoms with Crippen LogP contribution >= 0.6 is 11.6 Å². The molecular formula is C14H12ClF3N2. The average Bonchev–Trinajstić information content (AvgIpc) is 2.37. The normalized spacial score (nSPS) is 13.1. The van der Waals surface area contributed by atoms with E-state index in [1.54, 1.807) is 31.2 Å². The number of nitrogens with zero attached hydrogens (tertiary/aromatic N) is 1. The summed E-state index contributed by atoms with van der Waals surface area (Å²) in [5.74, 6) is 0.432. The molecular weight excluding hydrogens is 289 g/mol. The third-order valence-electron chi connectivity index (χ3n) is 2.81. The van der Waals surface area contributed by atoms with Gasteiger partial charge in [0, 0.05) is 0 Å². The van der Waals surface area contributed by atoms with Crippen molar-refractivity contribution in [3.63, 3.8) is 0 Å². The highest BCUT2D eigenvalue weighted by Crippen LogP contribution is 2.35. The molecule has 0 fully saturated rings. The monoisotopic (exact) mass is 300 g/mol. The molecule has 1 aromatic carbocycles. The Hall–Kier alpha value is -1.75. The summed E-state index contributed by atoms with van der Waals surface area (Å²) in [4.78, 5) is 4.00. The number of benzene rings is 1. The third kappa shape index (κ3) is 3.42. The van der Waals surface area contributed by atoms with Crippen LogP contribution in [0.2, 0.25) is 5.15 Å². The molecule has 0 amide bonds. The number of anilines is 1. The largest absolute Gasteiger partial charge is 0.416 e. The highest BCUT2D eigenvalue weighted by Gasteiger charge is 2.34. The van der Waals surface area contributed by atoms with Crippen LogP contribution in [-0.2, 0) is 6.18 Å². The second kappa shape index (κ2) is 5.71. The van der Waals surface area contributed by atoms with Crippen molar-refractivity contribution in [3.8, 4) is 0 Å². The van der Waals surface area contributed by atoms with Crippen LogP contribution in [0, 0.1) is 0 Å². The molecule has 0 aliphatic rings. The van der Waals surface area contributed by atoms with Gasteiger partial charge in [-0.15, -0.1) is 0 Å². The quantitative estimate of drug-likeness (QED) is 0.813. The van der Waals surface area contributed by atoms with Crippen molar-refractivity contribution < 1.29 is 13.2 Å². The van der Waals surface area contributed by atoms with Gasteiger partial charge in [0.2, 0.25) is 0 Å². The fraction of sp³-hybridized carbons (Fsp3) is 0.214. The molecule has 2 rings (SSSR count). The van der Waals surface area contributed by atoms with E-state index in [1.165, 1.54) is 12.1 Å². The van der Waals surface area contributed by atoms with E-state index in [9.17, 15) is 13.2 Å². The third-order valence-corrected chi connectivity index (χ3v) is 3.02. The Labute approximate surface area is 119 Å². The number of aromatic nitrogens is 1. The van der Waals surface area contributed by atoms with E-state index in [4.69, 9.17) is 11.6 Å². The molecule has 1 aromatic heterocycles. The maximum Gasteiger partial charge on any atom is 0.416 e. The fourth-order valence-electron chi connectivity index (χ4n) is 1.92. The Kier molecular flexibility index (Phi) is 4.18. The smallest absolute Gasteiger partial charge is 0.363 e. The molecule has 0 spiro atoms. The first-order valence-corrected chi connectivity index (χ1v) is 6.31. The summed E-state index contributed by atoms with van der Waals surface area (Å²) in [6.07, 6.45) is -4.38. The second-order valence-electron chi connectivity index (χ2n) is 4.30. The standard InChI is InChI=1S/C14H12ClF3N2/c1-9(19-13-8-4-7-12(15)20-13)10-5-2-3-6-11(10)14(16,17)18/h2-9H,1H3,(H,19,20). The Balaban J connectivity index is 2.28. The van der Waals surface area contributed by atoms with Gasteiger partial charge in [-0.3, -0.25) is 0 Å². The lowest BCUT2D eigenvalue weighted by Gasteiger charge is -2.20. The second-order valence-corrected chi connectivity index (χ2v) is 4.68. The first-order valence-electron chi connectivity index (χ1n) is 5.93. The SMILES string of the molecule is CC(Nc1cccc(Cl)n1)c1ccccc1C(F)(F)F. The highest BCUT2D eigenvalue weighted by atomic mass is 35.5. The predicted molar refractivity (Wildman–Crippen MR) is 72.7 cm³/mol. The Morgan fingerprint density at radius 2 is 1.80 bits per heavy atom. The summed E-state index contributed by atoms with van der Waals surface area (Å²) >= 11 is 5.75. The van der Waals surface area contributed by atoms with Crippen LogP contribution in [-0.4, -0.2) is 4.98 Å². The van der Waals surface area contributed by atoms with E-state index in [1.807, 2.05) is 0 Å². The lowest BCUT2D eigenvalue weighted by molar-refractivity contribution is -0.138. The molecule has 0 aliphatic carbocycles. The van der Waals surface area contributed by atoms with E-state index >= 15 is 0 Å². The van der Waals surface area contributed by atoms with Crippen LogP contribution in [0.15, 0.2) is 42.5 Å². The van der Waals surface area contributed by atoms with Crippen LogP contribution in [0.3, 0.4) is 0 Å². The number of hydrogen-bond acceptors (Lipinski definition) is 2. The van der Waals surface area contributed by atoms with Crippen molar-refractivity contribution in [2.45, 2.75) is 19.1 Å². The van der Waals surface area contributed by atoms with Crippen LogP contribution < -0.4 is 5.32 Å². The van der Waals surface area contributed by atoms with E-state index in [-0.39, 0.29) is 10.7 Å². The van der Waals surface area contributed by atoms with Crippen molar-refractivity contribution >= 4 is 17.4 Å². The fourth-order valence-corrected chi connectivity index (χ4v) is 2.08. The molecule has 1 N–H and O–H groups in total. The minimum atomic E-state index is -4.38. The van der Waals surface area contributed by atoms with E-state index in [0.29, 0.717) is 5.82 Å². The molecule has 0 radical (unpaired) electrons. The number of halogens is 4. The molecule has 1 heterocycles. The van der Waals surface area contributed by atoms with Crippen LogP contribution in [0.25, 0.3) is 0 Å². The first kappa shape index (κ1) is 14.7. The molecule has 106 valence electrons. The zero-order valence-electron chi connectivity index (χ0n) is 10.6. The van der Waals surface area contributed by atoms with Gasteiger partial charge in [-0.25, -0.2) is 4.98 Å². The Morgan fingerprint density at radius 1 is 1.10 bits per heavy atom. The molecule has 2 aromatic rings. The zero-order chi connectivity index (χ0) is 14.8. The average molecular weight is 301 g/mol. The van der Waals surface area contributed by atoms with Crippen LogP contribution in [0.1, 0.15) is 24.1 Å². The van der Waals surface area contributed by atoms with Crippen molar-refractivity contribution in [3.05, 3.63) is 58.7 Å². The first-order chi connectivity index (χ1) is 9.38. The maximum atomic E-state index is 12.9. The molecule has 0 aliphatic heterocycles. The van der Waals surface area contributed by atoms with Gasteiger partial charge in [0.25, 0.3) is 0 Å². The predicted octanol–water partition coefficient (Wildman–Crippen LogP) is 4.93. The summed E-state index contributed by atoms with van der Waals surface area (Å²) in [6.45, 7) is 1.65. The summed E-state index contributed by atoms with van der Waals surface area (Å²) < 4.78 is 38.8. The maximum absolute atomic E-state index is 12.9. The van der Waals surface area contributed by atoms with E-state index < -0.39 is 17.8 Å². The summed E-state index contributed by atoms with van der Waals surface area (Å²) in [5, 5.41) is 3.20. The number of hydrogen-bond donors (Lipinski definition) is 1. The van der Waals surface area contributed by atoms with E-state index in [0.717, 1.165) is 6.07 Å².